The predicted octanol–water partition coefficient (Wildman–Crippen LogP) is -1.04. The van der Waals surface area contributed by atoms with Crippen LogP contribution < -0.4 is 32.7 Å². The van der Waals surface area contributed by atoms with Crippen molar-refractivity contribution in [2.45, 2.75) is 13.3 Å². The van der Waals surface area contributed by atoms with Crippen LogP contribution in [0.15, 0.2) is 58.9 Å². The zero-order valence-electron chi connectivity index (χ0n) is 13.7. The molecule has 0 atom stereocenters. The average molecular weight is 430 g/mol. The monoisotopic (exact) mass is 430 g/mol. The Morgan fingerprint density at radius 3 is 2.43 bits per heavy atom. The Bertz CT molecular complexity index is 561. The van der Waals surface area contributed by atoms with E-state index in [9.17, 15) is 0 Å². The topological polar surface area (TPSA) is 110 Å². The van der Waals surface area contributed by atoms with Crippen molar-refractivity contribution in [2.75, 3.05) is 18.1 Å². The summed E-state index contributed by atoms with van der Waals surface area (Å²) in [5.41, 5.74) is 13.6. The molecule has 0 aromatic heterocycles. The quantitative estimate of drug-likeness (QED) is 0.128. The third-order valence-corrected chi connectivity index (χ3v) is 5.36. The van der Waals surface area contributed by atoms with Crippen LogP contribution in [-0.4, -0.2) is 33.5 Å². The second-order valence-corrected chi connectivity index (χ2v) is 7.51. The molecule has 0 radical (unpaired) electrons. The predicted molar refractivity (Wildman–Crippen MR) is 94.6 cm³/mol. The molecule has 0 saturated heterocycles. The summed E-state index contributed by atoms with van der Waals surface area (Å²) < 4.78 is 6.78. The van der Waals surface area contributed by atoms with Gasteiger partial charge in [0.15, 0.2) is 0 Å². The molecule has 5 N–H and O–H groups in total. The molecule has 23 heavy (non-hydrogen) atoms. The SMILES string of the molecule is C=C(C)C(=N)[I-]CCC(=C)C(N)=N/C=C\OCC(=C)C(N)=NC. The van der Waals surface area contributed by atoms with Crippen LogP contribution in [0.4, 0.5) is 0 Å². The number of nitrogens with zero attached hydrogens (tertiary/aromatic N) is 2. The van der Waals surface area contributed by atoms with Crippen molar-refractivity contribution in [1.29, 1.82) is 5.41 Å². The molecule has 0 spiro atoms. The third-order valence-electron chi connectivity index (χ3n) is 2.59. The van der Waals surface area contributed by atoms with E-state index in [4.69, 9.17) is 21.6 Å². The van der Waals surface area contributed by atoms with E-state index in [1.807, 2.05) is 6.92 Å². The van der Waals surface area contributed by atoms with Crippen molar-refractivity contribution in [1.82, 2.24) is 0 Å². The molecule has 0 amide bonds. The minimum absolute atomic E-state index is 0.240. The van der Waals surface area contributed by atoms with Gasteiger partial charge in [-0.25, -0.2) is 0 Å². The van der Waals surface area contributed by atoms with E-state index in [0.29, 0.717) is 21.0 Å². The molecule has 0 aliphatic rings. The van der Waals surface area contributed by atoms with Crippen molar-refractivity contribution in [3.63, 3.8) is 0 Å². The third kappa shape index (κ3) is 9.67. The number of hydrogen-bond acceptors (Lipinski definition) is 4. The van der Waals surface area contributed by atoms with Gasteiger partial charge in [-0.05, 0) is 0 Å². The second-order valence-electron chi connectivity index (χ2n) is 4.59. The first-order valence-corrected chi connectivity index (χ1v) is 9.42. The summed E-state index contributed by atoms with van der Waals surface area (Å²) >= 11 is -0.336. The van der Waals surface area contributed by atoms with Gasteiger partial charge in [-0.15, -0.1) is 0 Å². The van der Waals surface area contributed by atoms with Crippen molar-refractivity contribution in [3.05, 3.63) is 48.9 Å². The number of nitrogens with one attached hydrogen (secondary N) is 1. The standard InChI is InChI=1S/C16H25IN5O/c1-11(2)14(18)17-7-6-12(3)16(20)22-8-9-23-10-13(4)15(19)21-5/h8-9,18H,1,3-4,6-7,10H2,2,5H3,(H2,19,21)(H2,20,22)/q-1/b9-8-,18-14?. The van der Waals surface area contributed by atoms with E-state index < -0.39 is 0 Å². The van der Waals surface area contributed by atoms with Gasteiger partial charge in [-0.2, -0.15) is 0 Å². The minimum atomic E-state index is -0.336. The molecule has 0 rings (SSSR count). The van der Waals surface area contributed by atoms with Gasteiger partial charge >= 0.3 is 141 Å². The molecule has 0 unspecified atom stereocenters. The van der Waals surface area contributed by atoms with E-state index in [1.165, 1.54) is 12.5 Å². The van der Waals surface area contributed by atoms with E-state index in [2.05, 4.69) is 29.7 Å². The Kier molecular flexibility index (Phi) is 10.7. The van der Waals surface area contributed by atoms with Crippen molar-refractivity contribution >= 4 is 15.4 Å². The number of rotatable bonds is 11. The number of hydrogen-bond donors (Lipinski definition) is 3. The zero-order chi connectivity index (χ0) is 17.8. The summed E-state index contributed by atoms with van der Waals surface area (Å²) in [5, 5.41) is 7.74. The Morgan fingerprint density at radius 2 is 1.87 bits per heavy atom. The summed E-state index contributed by atoms with van der Waals surface area (Å²) in [4.78, 5) is 7.86. The van der Waals surface area contributed by atoms with Gasteiger partial charge in [-0.1, -0.05) is 0 Å². The minimum Gasteiger partial charge on any atom is 0.0300 e. The van der Waals surface area contributed by atoms with Crippen LogP contribution in [0.25, 0.3) is 0 Å². The van der Waals surface area contributed by atoms with Gasteiger partial charge in [0, 0.05) is 7.05 Å². The van der Waals surface area contributed by atoms with Gasteiger partial charge < -0.3 is 0 Å². The molecular weight excluding hydrogens is 405 g/mol. The van der Waals surface area contributed by atoms with Gasteiger partial charge in [0.1, 0.15) is 0 Å². The molecule has 0 bridgehead atoms. The normalized spacial score (nSPS) is 12.4. The molecule has 0 aliphatic carbocycles. The fourth-order valence-corrected chi connectivity index (χ4v) is 3.23. The summed E-state index contributed by atoms with van der Waals surface area (Å²) in [6.07, 6.45) is 3.60. The number of aliphatic imine (C=N–C) groups is 2. The molecule has 7 heteroatoms. The Morgan fingerprint density at radius 1 is 1.22 bits per heavy atom. The summed E-state index contributed by atoms with van der Waals surface area (Å²) in [6.45, 7) is 13.5. The Hall–Kier alpha value is -1.90. The number of allylic oxidation sites excluding steroid dienone is 1. The van der Waals surface area contributed by atoms with Crippen LogP contribution in [0, 0.1) is 5.41 Å². The van der Waals surface area contributed by atoms with E-state index in [-0.39, 0.29) is 27.8 Å². The number of nitrogens with two attached hydrogens (primary N) is 2. The van der Waals surface area contributed by atoms with Crippen molar-refractivity contribution in [3.8, 4) is 0 Å². The first-order chi connectivity index (χ1) is 10.8. The number of ether oxygens (including phenoxy) is 1. The second kappa shape index (κ2) is 11.6. The van der Waals surface area contributed by atoms with E-state index >= 15 is 0 Å². The smallest absolute Gasteiger partial charge is 0.0300 e. The maximum atomic E-state index is 7.74. The number of halogens is 1. The molecule has 0 saturated carbocycles. The number of alkyl halides is 1. The molecule has 0 fully saturated rings. The average Bonchev–Trinajstić information content (AvgIpc) is 2.52. The molecular formula is C16H25IN5O-. The summed E-state index contributed by atoms with van der Waals surface area (Å²) in [5.74, 6) is 0.725. The fourth-order valence-electron chi connectivity index (χ4n) is 1.12. The summed E-state index contributed by atoms with van der Waals surface area (Å²) in [6, 6.07) is 0. The first-order valence-electron chi connectivity index (χ1n) is 6.81. The number of amidine groups is 2. The molecule has 0 heterocycles. The van der Waals surface area contributed by atoms with Gasteiger partial charge in [0.2, 0.25) is 0 Å². The van der Waals surface area contributed by atoms with Gasteiger partial charge in [0.25, 0.3) is 0 Å². The van der Waals surface area contributed by atoms with Crippen LogP contribution in [0.5, 0.6) is 0 Å². The van der Waals surface area contributed by atoms with Gasteiger partial charge in [-0.3, -0.25) is 0 Å². The summed E-state index contributed by atoms with van der Waals surface area (Å²) in [7, 11) is 1.59. The maximum absolute atomic E-state index is 7.74. The molecule has 0 aromatic carbocycles. The van der Waals surface area contributed by atoms with E-state index in [1.54, 1.807) is 7.05 Å². The molecule has 0 aromatic rings. The zero-order valence-corrected chi connectivity index (χ0v) is 15.9. The first kappa shape index (κ1) is 21.1. The molecule has 128 valence electrons. The Balaban J connectivity index is 4.16. The van der Waals surface area contributed by atoms with Crippen LogP contribution >= 0.6 is 0 Å². The Labute approximate surface area is 148 Å². The van der Waals surface area contributed by atoms with E-state index in [0.717, 1.165) is 22.0 Å². The van der Waals surface area contributed by atoms with Crippen LogP contribution in [0.2, 0.25) is 0 Å². The van der Waals surface area contributed by atoms with Crippen LogP contribution in [0.1, 0.15) is 13.3 Å². The van der Waals surface area contributed by atoms with Crippen molar-refractivity contribution < 1.29 is 25.9 Å². The van der Waals surface area contributed by atoms with Crippen molar-refractivity contribution in [2.24, 2.45) is 21.5 Å². The molecule has 6 nitrogen and oxygen atoms in total. The van der Waals surface area contributed by atoms with Crippen LogP contribution in [0.3, 0.4) is 0 Å². The van der Waals surface area contributed by atoms with Crippen LogP contribution in [-0.2, 0) is 4.74 Å². The molecule has 0 aliphatic heterocycles. The van der Waals surface area contributed by atoms with Gasteiger partial charge in [0.05, 0.1) is 0 Å². The fraction of sp³-hybridized carbons (Fsp3) is 0.312.